The first-order chi connectivity index (χ1) is 31.7. The summed E-state index contributed by atoms with van der Waals surface area (Å²) in [6.45, 7) is 17.3. The zero-order valence-electron chi connectivity index (χ0n) is 38.1. The van der Waals surface area contributed by atoms with Crippen molar-refractivity contribution in [3.05, 3.63) is 252 Å². The zero-order valence-corrected chi connectivity index (χ0v) is 38.1. The monoisotopic (exact) mass is 842 g/mol. The van der Waals surface area contributed by atoms with Crippen LogP contribution in [0.25, 0.3) is 56.2 Å². The average Bonchev–Trinajstić information content (AvgIpc) is 3.75. The fourth-order valence-corrected chi connectivity index (χ4v) is 8.18. The molecule has 1 heterocycles. The summed E-state index contributed by atoms with van der Waals surface area (Å²) in [5, 5.41) is 0. The van der Waals surface area contributed by atoms with Crippen molar-refractivity contribution in [1.29, 1.82) is 0 Å². The number of aromatic nitrogens is 2. The van der Waals surface area contributed by atoms with E-state index in [2.05, 4.69) is 216 Å². The van der Waals surface area contributed by atoms with Gasteiger partial charge in [0, 0.05) is 44.9 Å². The van der Waals surface area contributed by atoms with E-state index in [0.29, 0.717) is 0 Å². The summed E-state index contributed by atoms with van der Waals surface area (Å²) < 4.78 is 2.24. The molecule has 4 heteroatoms. The third-order valence-electron chi connectivity index (χ3n) is 11.7. The molecular formula is C61H54N4. The van der Waals surface area contributed by atoms with Crippen molar-refractivity contribution in [3.8, 4) is 33.6 Å². The molecule has 0 amide bonds. The molecular weight excluding hydrogens is 789 g/mol. The number of imidazole rings is 1. The van der Waals surface area contributed by atoms with Gasteiger partial charge in [0.1, 0.15) is 5.82 Å². The maximum atomic E-state index is 5.47. The molecule has 8 rings (SSSR count). The molecule has 1 aromatic heterocycles. The Morgan fingerprint density at radius 3 is 1.60 bits per heavy atom. The Balaban J connectivity index is 1.18. The molecule has 0 aliphatic carbocycles. The predicted octanol–water partition coefficient (Wildman–Crippen LogP) is 16.3. The van der Waals surface area contributed by atoms with Crippen molar-refractivity contribution in [1.82, 2.24) is 9.55 Å². The van der Waals surface area contributed by atoms with Crippen LogP contribution >= 0.6 is 0 Å². The smallest absolute Gasteiger partial charge is 0.145 e. The van der Waals surface area contributed by atoms with Gasteiger partial charge in [-0.15, -0.1) is 0 Å². The summed E-state index contributed by atoms with van der Waals surface area (Å²) in [5.41, 5.74) is 19.3. The molecule has 65 heavy (non-hydrogen) atoms. The highest BCUT2D eigenvalue weighted by Gasteiger charge is 2.24. The van der Waals surface area contributed by atoms with Crippen LogP contribution in [0.15, 0.2) is 228 Å². The third-order valence-corrected chi connectivity index (χ3v) is 11.7. The van der Waals surface area contributed by atoms with Crippen LogP contribution in [0.5, 0.6) is 0 Å². The van der Waals surface area contributed by atoms with E-state index in [9.17, 15) is 0 Å². The molecule has 0 saturated carbocycles. The van der Waals surface area contributed by atoms with Crippen LogP contribution in [0.1, 0.15) is 75.2 Å². The largest absolute Gasteiger partial charge is 0.292 e. The van der Waals surface area contributed by atoms with E-state index < -0.39 is 0 Å². The van der Waals surface area contributed by atoms with Crippen LogP contribution in [-0.4, -0.2) is 21.0 Å². The molecule has 0 radical (unpaired) electrons. The molecule has 8 aromatic rings. The van der Waals surface area contributed by atoms with Crippen LogP contribution < -0.4 is 0 Å². The number of benzene rings is 7. The lowest BCUT2D eigenvalue weighted by Crippen LogP contribution is -2.05. The number of rotatable bonds is 13. The minimum absolute atomic E-state index is 0.858. The lowest BCUT2D eigenvalue weighted by Gasteiger charge is -2.17. The summed E-state index contributed by atoms with van der Waals surface area (Å²) in [6.07, 6.45) is 4.22. The van der Waals surface area contributed by atoms with Gasteiger partial charge in [-0.3, -0.25) is 14.6 Å². The second kappa shape index (κ2) is 20.0. The SMILES string of the molecule is C=C(c1ccccc1)n1c(C(/C=C\C)=C(C)C)nc(-c2ccc(-c3ccc(/C(N=C(C)c4ccccc4N=C(C)c4ccccc4)=C(/C)c4ccccc4)cc3)cc2)c1-c1ccccc1. The fraction of sp³-hybridized carbons (Fsp3) is 0.0984. The summed E-state index contributed by atoms with van der Waals surface area (Å²) in [5.74, 6) is 0.858. The molecule has 4 nitrogen and oxygen atoms in total. The number of aliphatic imine (C=N–C) groups is 2. The third kappa shape index (κ3) is 9.68. The lowest BCUT2D eigenvalue weighted by molar-refractivity contribution is 1.06. The van der Waals surface area contributed by atoms with Gasteiger partial charge in [0.05, 0.1) is 22.8 Å². The maximum absolute atomic E-state index is 5.47. The second-order valence-corrected chi connectivity index (χ2v) is 16.3. The van der Waals surface area contributed by atoms with Crippen LogP contribution in [0.4, 0.5) is 5.69 Å². The number of para-hydroxylation sites is 1. The van der Waals surface area contributed by atoms with Gasteiger partial charge in [0.25, 0.3) is 0 Å². The van der Waals surface area contributed by atoms with Crippen LogP contribution in [0, 0.1) is 0 Å². The van der Waals surface area contributed by atoms with Crippen molar-refractivity contribution in [2.75, 3.05) is 0 Å². The van der Waals surface area contributed by atoms with E-state index >= 15 is 0 Å². The van der Waals surface area contributed by atoms with Crippen molar-refractivity contribution < 1.29 is 0 Å². The molecule has 7 aromatic carbocycles. The zero-order chi connectivity index (χ0) is 45.3. The Morgan fingerprint density at radius 2 is 1.02 bits per heavy atom. The van der Waals surface area contributed by atoms with E-state index in [1.54, 1.807) is 0 Å². The van der Waals surface area contributed by atoms with Gasteiger partial charge < -0.3 is 0 Å². The fourth-order valence-electron chi connectivity index (χ4n) is 8.18. The Labute approximate surface area is 384 Å². The summed E-state index contributed by atoms with van der Waals surface area (Å²) in [6, 6.07) is 67.4. The highest BCUT2D eigenvalue weighted by atomic mass is 15.1. The second-order valence-electron chi connectivity index (χ2n) is 16.3. The molecule has 0 aliphatic rings. The summed E-state index contributed by atoms with van der Waals surface area (Å²) >= 11 is 0. The highest BCUT2D eigenvalue weighted by molar-refractivity contribution is 6.09. The molecule has 0 bridgehead atoms. The first kappa shape index (κ1) is 43.7. The van der Waals surface area contributed by atoms with Gasteiger partial charge >= 0.3 is 0 Å². The predicted molar refractivity (Wildman–Crippen MR) is 278 cm³/mol. The number of nitrogens with zero attached hydrogens (tertiary/aromatic N) is 4. The number of hydrogen-bond donors (Lipinski definition) is 0. The minimum Gasteiger partial charge on any atom is -0.292 e. The van der Waals surface area contributed by atoms with Crippen molar-refractivity contribution in [2.24, 2.45) is 9.98 Å². The summed E-state index contributed by atoms with van der Waals surface area (Å²) in [4.78, 5) is 15.9. The van der Waals surface area contributed by atoms with Gasteiger partial charge in [0.2, 0.25) is 0 Å². The molecule has 0 unspecified atom stereocenters. The molecule has 0 fully saturated rings. The van der Waals surface area contributed by atoms with Gasteiger partial charge in [-0.05, 0) is 81.0 Å². The van der Waals surface area contributed by atoms with Crippen molar-refractivity contribution in [2.45, 2.75) is 41.5 Å². The number of allylic oxidation sites excluding steroid dienone is 5. The first-order valence-electron chi connectivity index (χ1n) is 22.2. The molecule has 0 saturated heterocycles. The highest BCUT2D eigenvalue weighted by Crippen LogP contribution is 2.40. The van der Waals surface area contributed by atoms with Gasteiger partial charge in [-0.25, -0.2) is 4.98 Å². The molecule has 318 valence electrons. The Morgan fingerprint density at radius 1 is 0.508 bits per heavy atom. The Hall–Kier alpha value is -7.95. The average molecular weight is 843 g/mol. The van der Waals surface area contributed by atoms with E-state index in [1.807, 2.05) is 43.3 Å². The van der Waals surface area contributed by atoms with E-state index in [4.69, 9.17) is 15.0 Å². The topological polar surface area (TPSA) is 42.5 Å². The first-order valence-corrected chi connectivity index (χ1v) is 22.2. The quantitative estimate of drug-likeness (QED) is 0.0648. The van der Waals surface area contributed by atoms with Gasteiger partial charge in [-0.2, -0.15) is 0 Å². The Bertz CT molecular complexity index is 3090. The van der Waals surface area contributed by atoms with E-state index in [-0.39, 0.29) is 0 Å². The van der Waals surface area contributed by atoms with Crippen molar-refractivity contribution >= 4 is 39.7 Å². The van der Waals surface area contributed by atoms with Crippen molar-refractivity contribution in [3.63, 3.8) is 0 Å². The normalized spacial score (nSPS) is 12.3. The van der Waals surface area contributed by atoms with Gasteiger partial charge in [0.15, 0.2) is 0 Å². The lowest BCUT2D eigenvalue weighted by atomic mass is 9.97. The Kier molecular flexibility index (Phi) is 13.5. The van der Waals surface area contributed by atoms with Crippen LogP contribution in [0.2, 0.25) is 0 Å². The maximum Gasteiger partial charge on any atom is 0.145 e. The van der Waals surface area contributed by atoms with E-state index in [0.717, 1.165) is 107 Å². The molecule has 0 aliphatic heterocycles. The molecule has 0 spiro atoms. The number of hydrogen-bond acceptors (Lipinski definition) is 3. The summed E-state index contributed by atoms with van der Waals surface area (Å²) in [7, 11) is 0. The van der Waals surface area contributed by atoms with Gasteiger partial charge in [-0.1, -0.05) is 212 Å². The minimum atomic E-state index is 0.858. The molecule has 0 atom stereocenters. The van der Waals surface area contributed by atoms with Crippen LogP contribution in [0.3, 0.4) is 0 Å². The standard InChI is InChI=1S/C61H54N4/c1-8-23-55(42(2)3)61-64-59(60(54-30-19-12-20-31-54)65(61)46(7)49-28-17-11-18-29-49)53-40-36-51(37-41-53)50-34-38-52(39-35-50)58(43(4)47-24-13-9-14-25-47)63-45(6)56-32-21-22-33-57(56)62-44(5)48-26-15-10-16-27-48/h8-41H,7H2,1-6H3/b23-8-,58-43+,62-44?,63-45?. The molecule has 0 N–H and O–H groups in total. The van der Waals surface area contributed by atoms with Crippen LogP contribution in [-0.2, 0) is 0 Å². The van der Waals surface area contributed by atoms with E-state index in [1.165, 1.54) is 5.57 Å².